The number of aliphatic hydroxyl groups excluding tert-OH is 2. The molecule has 0 bridgehead atoms. The molecule has 1 spiro atoms. The van der Waals surface area contributed by atoms with E-state index in [9.17, 15) is 35.1 Å². The largest absolute Gasteiger partial charge is 0.465 e. The minimum Gasteiger partial charge on any atom is -0.465 e. The number of epoxide rings is 1. The van der Waals surface area contributed by atoms with Crippen LogP contribution >= 0.6 is 0 Å². The van der Waals surface area contributed by atoms with Gasteiger partial charge >= 0.3 is 5.97 Å². The van der Waals surface area contributed by atoms with Gasteiger partial charge in [-0.3, -0.25) is 9.59 Å². The summed E-state index contributed by atoms with van der Waals surface area (Å²) in [6.45, 7) is 6.95. The first-order valence-corrected chi connectivity index (χ1v) is 13.7. The van der Waals surface area contributed by atoms with Crippen LogP contribution in [0.15, 0.2) is 12.2 Å². The van der Waals surface area contributed by atoms with Crippen LogP contribution in [0, 0.1) is 34.5 Å². The Labute approximate surface area is 216 Å². The number of cyclic esters (lactones) is 1. The zero-order valence-corrected chi connectivity index (χ0v) is 22.0. The second kappa shape index (κ2) is 7.43. The first kappa shape index (κ1) is 25.9. The van der Waals surface area contributed by atoms with Crippen molar-refractivity contribution in [1.29, 1.82) is 0 Å². The molecule has 9 heteroatoms. The molecule has 6 aliphatic rings. The van der Waals surface area contributed by atoms with E-state index in [2.05, 4.69) is 0 Å². The summed E-state index contributed by atoms with van der Waals surface area (Å²) >= 11 is 0. The molecule has 2 saturated heterocycles. The van der Waals surface area contributed by atoms with Crippen LogP contribution in [0.4, 0.5) is 0 Å². The molecule has 5 fully saturated rings. The molecule has 9 nitrogen and oxygen atoms in total. The predicted octanol–water partition coefficient (Wildman–Crippen LogP) is 0.633. The molecule has 5 N–H and O–H groups in total. The highest BCUT2D eigenvalue weighted by Crippen LogP contribution is 2.75. The second-order valence-electron chi connectivity index (χ2n) is 13.5. The van der Waals surface area contributed by atoms with Gasteiger partial charge in [0, 0.05) is 11.3 Å². The van der Waals surface area contributed by atoms with E-state index in [1.165, 1.54) is 19.1 Å². The SMILES string of the molecule is C[C@H]1C(=O)OC[C@H]1C[C@@H](O)[C@](C)(O)[C@]1(O)CC[C@@]2(O)[C@@H]3C[C@H]4O[C@]45[C@@H](O)C=CC(=O)[C@]5(C)[C@H]3CC[C@]12C. The van der Waals surface area contributed by atoms with Crippen LogP contribution in [0.3, 0.4) is 0 Å². The third-order valence-corrected chi connectivity index (χ3v) is 12.5. The Morgan fingerprint density at radius 1 is 1.16 bits per heavy atom. The van der Waals surface area contributed by atoms with Crippen molar-refractivity contribution in [2.75, 3.05) is 6.61 Å². The lowest BCUT2D eigenvalue weighted by Gasteiger charge is -2.63. The summed E-state index contributed by atoms with van der Waals surface area (Å²) in [7, 11) is 0. The highest BCUT2D eigenvalue weighted by molar-refractivity contribution is 5.98. The Hall–Kier alpha value is -1.36. The van der Waals surface area contributed by atoms with Crippen LogP contribution in [-0.4, -0.2) is 84.6 Å². The van der Waals surface area contributed by atoms with Crippen LogP contribution in [0.1, 0.15) is 66.2 Å². The third-order valence-electron chi connectivity index (χ3n) is 12.5. The maximum absolute atomic E-state index is 13.3. The van der Waals surface area contributed by atoms with E-state index in [0.717, 1.165) is 0 Å². The highest BCUT2D eigenvalue weighted by Gasteiger charge is 2.84. The zero-order chi connectivity index (χ0) is 27.0. The van der Waals surface area contributed by atoms with Gasteiger partial charge in [-0.1, -0.05) is 13.8 Å². The lowest BCUT2D eigenvalue weighted by Crippen LogP contribution is -2.73. The average Bonchev–Trinajstić information content (AvgIpc) is 3.46. The molecule has 0 unspecified atom stereocenters. The van der Waals surface area contributed by atoms with Crippen molar-refractivity contribution in [2.24, 2.45) is 34.5 Å². The van der Waals surface area contributed by atoms with Crippen LogP contribution in [0.25, 0.3) is 0 Å². The van der Waals surface area contributed by atoms with E-state index < -0.39 is 51.4 Å². The van der Waals surface area contributed by atoms with Crippen LogP contribution in [0.2, 0.25) is 0 Å². The summed E-state index contributed by atoms with van der Waals surface area (Å²) < 4.78 is 11.2. The Kier molecular flexibility index (Phi) is 5.20. The monoisotopic (exact) mass is 520 g/mol. The molecule has 13 atom stereocenters. The van der Waals surface area contributed by atoms with Gasteiger partial charge < -0.3 is 35.0 Å². The van der Waals surface area contributed by atoms with E-state index in [-0.39, 0.29) is 61.5 Å². The van der Waals surface area contributed by atoms with Gasteiger partial charge in [-0.05, 0) is 76.4 Å². The molecule has 6 rings (SSSR count). The van der Waals surface area contributed by atoms with Crippen molar-refractivity contribution >= 4 is 11.8 Å². The smallest absolute Gasteiger partial charge is 0.309 e. The summed E-state index contributed by atoms with van der Waals surface area (Å²) in [5.74, 6) is -1.79. The Morgan fingerprint density at radius 2 is 1.86 bits per heavy atom. The maximum atomic E-state index is 13.3. The molecule has 2 heterocycles. The molecule has 2 aliphatic heterocycles. The van der Waals surface area contributed by atoms with E-state index in [1.807, 2.05) is 6.92 Å². The first-order valence-electron chi connectivity index (χ1n) is 13.7. The van der Waals surface area contributed by atoms with Gasteiger partial charge in [-0.2, -0.15) is 0 Å². The molecule has 0 aromatic carbocycles. The first-order chi connectivity index (χ1) is 17.1. The standard InChI is InChI=1S/C28H40O9/c1-14-15(13-36-22(14)32)11-20(31)25(4,33)27(35)10-9-26(34)17-12-21-28(37-21)19(30)6-5-18(29)24(28,3)16(17)7-8-23(26,27)2/h5-6,14-17,19-21,30-31,33-35H,7-13H2,1-4H3/t14-,15-,16+,17-,19+,20-,21-,23+,24+,25+,26-,27+,28-/m1/s1. The summed E-state index contributed by atoms with van der Waals surface area (Å²) in [5, 5.41) is 58.5. The average molecular weight is 521 g/mol. The van der Waals surface area contributed by atoms with Gasteiger partial charge in [0.15, 0.2) is 5.78 Å². The topological polar surface area (TPSA) is 157 Å². The number of carbonyl (C=O) groups is 2. The molecule has 0 aromatic heterocycles. The lowest BCUT2D eigenvalue weighted by molar-refractivity contribution is -0.282. The van der Waals surface area contributed by atoms with E-state index in [4.69, 9.17) is 9.47 Å². The predicted molar refractivity (Wildman–Crippen MR) is 129 cm³/mol. The van der Waals surface area contributed by atoms with E-state index in [1.54, 1.807) is 13.8 Å². The van der Waals surface area contributed by atoms with Gasteiger partial charge in [0.2, 0.25) is 0 Å². The van der Waals surface area contributed by atoms with Crippen molar-refractivity contribution in [3.8, 4) is 0 Å². The number of esters is 1. The van der Waals surface area contributed by atoms with Crippen LogP contribution in [-0.2, 0) is 19.1 Å². The second-order valence-corrected chi connectivity index (χ2v) is 13.5. The van der Waals surface area contributed by atoms with Crippen molar-refractivity contribution < 1.29 is 44.6 Å². The van der Waals surface area contributed by atoms with Crippen molar-refractivity contribution in [2.45, 2.75) is 107 Å². The number of ketones is 1. The minimum absolute atomic E-state index is 0.0762. The molecule has 0 radical (unpaired) electrons. The molecular formula is C28H40O9. The normalized spacial score (nSPS) is 56.5. The summed E-state index contributed by atoms with van der Waals surface area (Å²) in [6.07, 6.45) is 1.95. The van der Waals surface area contributed by atoms with Crippen molar-refractivity contribution in [3.63, 3.8) is 0 Å². The van der Waals surface area contributed by atoms with Gasteiger partial charge in [-0.15, -0.1) is 0 Å². The zero-order valence-electron chi connectivity index (χ0n) is 22.0. The van der Waals surface area contributed by atoms with Gasteiger partial charge in [0.05, 0.1) is 35.7 Å². The number of ether oxygens (including phenoxy) is 2. The van der Waals surface area contributed by atoms with Crippen LogP contribution < -0.4 is 0 Å². The fourth-order valence-electron chi connectivity index (χ4n) is 9.70. The quantitative estimate of drug-likeness (QED) is 0.265. The third kappa shape index (κ3) is 2.71. The number of carbonyl (C=O) groups excluding carboxylic acids is 2. The fraction of sp³-hybridized carbons (Fsp3) is 0.857. The van der Waals surface area contributed by atoms with Crippen molar-refractivity contribution in [3.05, 3.63) is 12.2 Å². The van der Waals surface area contributed by atoms with Crippen LogP contribution in [0.5, 0.6) is 0 Å². The van der Waals surface area contributed by atoms with E-state index in [0.29, 0.717) is 19.3 Å². The Bertz CT molecular complexity index is 1070. The number of hydrogen-bond acceptors (Lipinski definition) is 9. The number of allylic oxidation sites excluding steroid dienone is 1. The van der Waals surface area contributed by atoms with Gasteiger partial charge in [0.25, 0.3) is 0 Å². The molecule has 3 saturated carbocycles. The minimum atomic E-state index is -1.97. The number of fused-ring (bicyclic) bond motifs is 4. The number of rotatable bonds is 4. The fourth-order valence-corrected chi connectivity index (χ4v) is 9.70. The number of hydrogen-bond donors (Lipinski definition) is 5. The molecular weight excluding hydrogens is 480 g/mol. The molecule has 4 aliphatic carbocycles. The lowest BCUT2D eigenvalue weighted by atomic mass is 9.42. The summed E-state index contributed by atoms with van der Waals surface area (Å²) in [4.78, 5) is 25.2. The summed E-state index contributed by atoms with van der Waals surface area (Å²) in [6, 6.07) is 0. The Balaban J connectivity index is 1.33. The van der Waals surface area contributed by atoms with E-state index >= 15 is 0 Å². The molecule has 0 aromatic rings. The van der Waals surface area contributed by atoms with Gasteiger partial charge in [-0.25, -0.2) is 0 Å². The van der Waals surface area contributed by atoms with Gasteiger partial charge in [0.1, 0.15) is 22.9 Å². The van der Waals surface area contributed by atoms with Crippen molar-refractivity contribution in [1.82, 2.24) is 0 Å². The molecule has 37 heavy (non-hydrogen) atoms. The number of aliphatic hydroxyl groups is 5. The summed E-state index contributed by atoms with van der Waals surface area (Å²) in [5.41, 5.74) is -8.35. The Morgan fingerprint density at radius 3 is 2.51 bits per heavy atom. The molecule has 206 valence electrons. The molecule has 0 amide bonds. The maximum Gasteiger partial charge on any atom is 0.309 e. The highest BCUT2D eigenvalue weighted by atomic mass is 16.6.